The average Bonchev–Trinajstić information content (AvgIpc) is 2.39. The van der Waals surface area contributed by atoms with Crippen LogP contribution in [0.1, 0.15) is 0 Å². The van der Waals surface area contributed by atoms with Gasteiger partial charge in [0.15, 0.2) is 0 Å². The Bertz CT molecular complexity index is 465. The van der Waals surface area contributed by atoms with Gasteiger partial charge in [0.05, 0.1) is 4.92 Å². The van der Waals surface area contributed by atoms with Crippen LogP contribution in [0.15, 0.2) is 18.3 Å². The number of hydrogen-bond donors (Lipinski definition) is 1. The molecule has 1 N–H and O–H groups in total. The zero-order chi connectivity index (χ0) is 13.1. The molecule has 1 aromatic heterocycles. The Morgan fingerprint density at radius 1 is 1.61 bits per heavy atom. The third-order valence-corrected chi connectivity index (χ3v) is 3.67. The average molecular weight is 269 g/mol. The smallest absolute Gasteiger partial charge is 0.327 e. The molecule has 1 aliphatic heterocycles. The molecule has 7 nitrogen and oxygen atoms in total. The van der Waals surface area contributed by atoms with Crippen molar-refractivity contribution in [1.29, 1.82) is 0 Å². The van der Waals surface area contributed by atoms with Gasteiger partial charge in [-0.3, -0.25) is 10.1 Å². The van der Waals surface area contributed by atoms with E-state index in [9.17, 15) is 14.9 Å². The number of anilines is 1. The Labute approximate surface area is 107 Å². The van der Waals surface area contributed by atoms with E-state index >= 15 is 0 Å². The molecule has 1 atom stereocenters. The van der Waals surface area contributed by atoms with Crippen LogP contribution in [0, 0.1) is 10.1 Å². The molecule has 8 heteroatoms. The molecular formula is C10H11N3O4S. The molecule has 1 aromatic rings. The minimum Gasteiger partial charge on any atom is -0.480 e. The lowest BCUT2D eigenvalue weighted by atomic mass is 10.2. The molecule has 0 bridgehead atoms. The van der Waals surface area contributed by atoms with Crippen LogP contribution in [0.2, 0.25) is 0 Å². The summed E-state index contributed by atoms with van der Waals surface area (Å²) in [6, 6.07) is 2.20. The van der Waals surface area contributed by atoms with Crippen LogP contribution in [-0.4, -0.2) is 45.1 Å². The molecule has 2 rings (SSSR count). The fourth-order valence-electron chi connectivity index (χ4n) is 1.74. The summed E-state index contributed by atoms with van der Waals surface area (Å²) < 4.78 is 0. The third-order valence-electron chi connectivity index (χ3n) is 2.65. The molecule has 0 saturated carbocycles. The highest BCUT2D eigenvalue weighted by Gasteiger charge is 2.29. The highest BCUT2D eigenvalue weighted by Crippen LogP contribution is 2.23. The fourth-order valence-corrected chi connectivity index (χ4v) is 2.78. The second kappa shape index (κ2) is 5.21. The number of aliphatic carboxylic acids is 1. The van der Waals surface area contributed by atoms with Gasteiger partial charge in [-0.25, -0.2) is 9.78 Å². The van der Waals surface area contributed by atoms with Gasteiger partial charge in [-0.2, -0.15) is 11.8 Å². The van der Waals surface area contributed by atoms with Crippen molar-refractivity contribution in [2.75, 3.05) is 23.0 Å². The van der Waals surface area contributed by atoms with Gasteiger partial charge in [0, 0.05) is 24.1 Å². The SMILES string of the molecule is O=C(O)C1CSCCN1c1ccc([N+](=O)[O-])cn1. The standard InChI is InChI=1S/C10H11N3O4S/c14-10(15)8-6-18-4-3-12(8)9-2-1-7(5-11-9)13(16)17/h1-2,5,8H,3-4,6H2,(H,14,15). The van der Waals surface area contributed by atoms with E-state index in [-0.39, 0.29) is 5.69 Å². The summed E-state index contributed by atoms with van der Waals surface area (Å²) in [5, 5.41) is 19.6. The molecule has 1 fully saturated rings. The summed E-state index contributed by atoms with van der Waals surface area (Å²) in [6.07, 6.45) is 1.15. The van der Waals surface area contributed by atoms with Gasteiger partial charge in [0.2, 0.25) is 0 Å². The van der Waals surface area contributed by atoms with Gasteiger partial charge >= 0.3 is 5.97 Å². The topological polar surface area (TPSA) is 96.6 Å². The summed E-state index contributed by atoms with van der Waals surface area (Å²) in [4.78, 5) is 26.7. The zero-order valence-electron chi connectivity index (χ0n) is 9.35. The Morgan fingerprint density at radius 2 is 2.39 bits per heavy atom. The molecule has 0 spiro atoms. The van der Waals surface area contributed by atoms with Gasteiger partial charge in [0.25, 0.3) is 5.69 Å². The van der Waals surface area contributed by atoms with Crippen LogP contribution in [-0.2, 0) is 4.79 Å². The number of aromatic nitrogens is 1. The summed E-state index contributed by atoms with van der Waals surface area (Å²) in [5.41, 5.74) is -0.1000. The maximum Gasteiger partial charge on any atom is 0.327 e. The second-order valence-electron chi connectivity index (χ2n) is 3.75. The predicted molar refractivity (Wildman–Crippen MR) is 67.0 cm³/mol. The van der Waals surface area contributed by atoms with Crippen molar-refractivity contribution < 1.29 is 14.8 Å². The van der Waals surface area contributed by atoms with Crippen LogP contribution in [0.25, 0.3) is 0 Å². The molecule has 96 valence electrons. The van der Waals surface area contributed by atoms with Crippen LogP contribution in [0.4, 0.5) is 11.5 Å². The molecule has 1 saturated heterocycles. The largest absolute Gasteiger partial charge is 0.480 e. The van der Waals surface area contributed by atoms with Crippen LogP contribution >= 0.6 is 11.8 Å². The number of carbonyl (C=O) groups is 1. The lowest BCUT2D eigenvalue weighted by Gasteiger charge is -2.33. The lowest BCUT2D eigenvalue weighted by Crippen LogP contribution is -2.47. The summed E-state index contributed by atoms with van der Waals surface area (Å²) in [7, 11) is 0. The van der Waals surface area contributed by atoms with Crippen LogP contribution < -0.4 is 4.90 Å². The Hall–Kier alpha value is -1.83. The monoisotopic (exact) mass is 269 g/mol. The summed E-state index contributed by atoms with van der Waals surface area (Å²) >= 11 is 1.58. The molecular weight excluding hydrogens is 258 g/mol. The first-order valence-electron chi connectivity index (χ1n) is 5.27. The maximum atomic E-state index is 11.1. The van der Waals surface area contributed by atoms with Gasteiger partial charge in [-0.05, 0) is 6.07 Å². The van der Waals surface area contributed by atoms with Crippen molar-refractivity contribution in [1.82, 2.24) is 4.98 Å². The van der Waals surface area contributed by atoms with Crippen molar-refractivity contribution in [2.24, 2.45) is 0 Å². The molecule has 2 heterocycles. The molecule has 0 aliphatic carbocycles. The van der Waals surface area contributed by atoms with Crippen molar-refractivity contribution in [3.8, 4) is 0 Å². The highest BCUT2D eigenvalue weighted by atomic mass is 32.2. The molecule has 18 heavy (non-hydrogen) atoms. The normalized spacial score (nSPS) is 19.6. The van der Waals surface area contributed by atoms with E-state index in [4.69, 9.17) is 5.11 Å². The minimum absolute atomic E-state index is 0.1000. The van der Waals surface area contributed by atoms with E-state index in [0.717, 1.165) is 11.9 Å². The number of hydrogen-bond acceptors (Lipinski definition) is 6. The zero-order valence-corrected chi connectivity index (χ0v) is 10.2. The van der Waals surface area contributed by atoms with Crippen molar-refractivity contribution >= 4 is 29.2 Å². The van der Waals surface area contributed by atoms with Gasteiger partial charge in [-0.1, -0.05) is 0 Å². The number of pyridine rings is 1. The fraction of sp³-hybridized carbons (Fsp3) is 0.400. The van der Waals surface area contributed by atoms with Gasteiger partial charge in [-0.15, -0.1) is 0 Å². The predicted octanol–water partition coefficient (Wildman–Crippen LogP) is 0.996. The first-order chi connectivity index (χ1) is 8.59. The molecule has 1 unspecified atom stereocenters. The number of carboxylic acid groups (broad SMARTS) is 1. The van der Waals surface area contributed by atoms with Crippen molar-refractivity contribution in [3.05, 3.63) is 28.4 Å². The minimum atomic E-state index is -0.901. The van der Waals surface area contributed by atoms with E-state index in [1.54, 1.807) is 16.7 Å². The van der Waals surface area contributed by atoms with Gasteiger partial charge in [0.1, 0.15) is 18.1 Å². The highest BCUT2D eigenvalue weighted by molar-refractivity contribution is 7.99. The van der Waals surface area contributed by atoms with E-state index in [2.05, 4.69) is 4.98 Å². The number of rotatable bonds is 3. The van der Waals surface area contributed by atoms with Crippen LogP contribution in [0.5, 0.6) is 0 Å². The first kappa shape index (κ1) is 12.6. The number of nitro groups is 1. The van der Waals surface area contributed by atoms with E-state index < -0.39 is 16.9 Å². The van der Waals surface area contributed by atoms with E-state index in [0.29, 0.717) is 18.1 Å². The Kier molecular flexibility index (Phi) is 3.66. The molecule has 0 amide bonds. The lowest BCUT2D eigenvalue weighted by molar-refractivity contribution is -0.385. The Morgan fingerprint density at radius 3 is 2.94 bits per heavy atom. The van der Waals surface area contributed by atoms with Crippen molar-refractivity contribution in [2.45, 2.75) is 6.04 Å². The maximum absolute atomic E-state index is 11.1. The molecule has 1 aliphatic rings. The number of carboxylic acids is 1. The third kappa shape index (κ3) is 2.53. The first-order valence-corrected chi connectivity index (χ1v) is 6.42. The van der Waals surface area contributed by atoms with Gasteiger partial charge < -0.3 is 10.0 Å². The van der Waals surface area contributed by atoms with Crippen LogP contribution in [0.3, 0.4) is 0 Å². The molecule has 0 aromatic carbocycles. The quantitative estimate of drug-likeness (QED) is 0.645. The Balaban J connectivity index is 2.23. The number of nitrogens with zero attached hydrogens (tertiary/aromatic N) is 3. The van der Waals surface area contributed by atoms with E-state index in [1.807, 2.05) is 0 Å². The van der Waals surface area contributed by atoms with E-state index in [1.165, 1.54) is 12.1 Å². The number of thioether (sulfide) groups is 1. The molecule has 0 radical (unpaired) electrons. The summed E-state index contributed by atoms with van der Waals surface area (Å²) in [5.74, 6) is 0.881. The second-order valence-corrected chi connectivity index (χ2v) is 4.90. The summed E-state index contributed by atoms with van der Waals surface area (Å²) in [6.45, 7) is 0.576. The van der Waals surface area contributed by atoms with Crippen molar-refractivity contribution in [3.63, 3.8) is 0 Å².